The molecule has 0 bridgehead atoms. The van der Waals surface area contributed by atoms with Crippen molar-refractivity contribution in [3.05, 3.63) is 48.8 Å². The van der Waals surface area contributed by atoms with E-state index in [2.05, 4.69) is 25.7 Å². The Morgan fingerprint density at radius 3 is 1.86 bits per heavy atom. The molecule has 1 nitrogen and oxygen atoms in total. The lowest BCUT2D eigenvalue weighted by molar-refractivity contribution is 0.435. The molecule has 0 aromatic heterocycles. The average Bonchev–Trinajstić information content (AvgIpc) is 2.46. The summed E-state index contributed by atoms with van der Waals surface area (Å²) in [5, 5.41) is 8.83. The number of hydrogen-bond acceptors (Lipinski definition) is 1. The molecule has 0 spiro atoms. The third-order valence-corrected chi connectivity index (χ3v) is 3.48. The second-order valence-electron chi connectivity index (χ2n) is 5.63. The van der Waals surface area contributed by atoms with E-state index in [1.165, 1.54) is 64.2 Å². The molecule has 0 amide bonds. The number of unbranched alkanes of at least 4 members (excludes halogenated alkanes) is 10. The van der Waals surface area contributed by atoms with E-state index in [4.69, 9.17) is 5.11 Å². The molecule has 0 radical (unpaired) electrons. The Morgan fingerprint density at radius 2 is 1.29 bits per heavy atom. The van der Waals surface area contributed by atoms with E-state index in [0.717, 1.165) is 6.42 Å². The third-order valence-electron chi connectivity index (χ3n) is 3.48. The van der Waals surface area contributed by atoms with Crippen molar-refractivity contribution in [2.75, 3.05) is 0 Å². The van der Waals surface area contributed by atoms with Crippen molar-refractivity contribution in [1.82, 2.24) is 0 Å². The van der Waals surface area contributed by atoms with Gasteiger partial charge in [0.1, 0.15) is 5.76 Å². The number of rotatable bonds is 14. The SMILES string of the molecule is C=C(O)C=CC=CC=CCCCCCCCCCCCC. The largest absolute Gasteiger partial charge is 0.509 e. The summed E-state index contributed by atoms with van der Waals surface area (Å²) in [6.45, 7) is 5.65. The highest BCUT2D eigenvalue weighted by Gasteiger charge is 1.91. The molecule has 1 heteroatoms. The number of hydrogen-bond donors (Lipinski definition) is 1. The molecule has 0 aliphatic rings. The molecule has 0 heterocycles. The molecular formula is C20H34O. The summed E-state index contributed by atoms with van der Waals surface area (Å²) in [6.07, 6.45) is 26.6. The molecule has 0 unspecified atom stereocenters. The summed E-state index contributed by atoms with van der Waals surface area (Å²) in [7, 11) is 0. The predicted molar refractivity (Wildman–Crippen MR) is 95.6 cm³/mol. The van der Waals surface area contributed by atoms with Crippen LogP contribution in [0.3, 0.4) is 0 Å². The van der Waals surface area contributed by atoms with E-state index in [1.54, 1.807) is 12.2 Å². The standard InChI is InChI=1S/C20H34O/c1-3-4-5-6-7-8-9-10-11-12-13-14-15-16-17-18-19-20(2)21/h14-19,21H,2-13H2,1H3. The molecule has 0 aliphatic heterocycles. The first kappa shape index (κ1) is 19.8. The molecule has 0 fully saturated rings. The number of aliphatic hydroxyl groups excluding tert-OH is 1. The van der Waals surface area contributed by atoms with Crippen LogP contribution in [0.15, 0.2) is 48.8 Å². The minimum atomic E-state index is 0.0917. The van der Waals surface area contributed by atoms with Crippen LogP contribution in [0.1, 0.15) is 77.6 Å². The molecule has 0 aromatic rings. The van der Waals surface area contributed by atoms with Gasteiger partial charge in [0.05, 0.1) is 0 Å². The summed E-state index contributed by atoms with van der Waals surface area (Å²) in [6, 6.07) is 0. The highest BCUT2D eigenvalue weighted by molar-refractivity contribution is 5.16. The first-order valence-electron chi connectivity index (χ1n) is 8.65. The Labute approximate surface area is 132 Å². The molecular weight excluding hydrogens is 256 g/mol. The number of allylic oxidation sites excluding steroid dienone is 6. The van der Waals surface area contributed by atoms with E-state index < -0.39 is 0 Å². The van der Waals surface area contributed by atoms with Gasteiger partial charge in [0.25, 0.3) is 0 Å². The van der Waals surface area contributed by atoms with Gasteiger partial charge in [0, 0.05) is 0 Å². The highest BCUT2D eigenvalue weighted by Crippen LogP contribution is 2.11. The Kier molecular flexibility index (Phi) is 15.8. The predicted octanol–water partition coefficient (Wildman–Crippen LogP) is 7.04. The Hall–Kier alpha value is -1.24. The third kappa shape index (κ3) is 18.8. The van der Waals surface area contributed by atoms with Crippen molar-refractivity contribution in [2.24, 2.45) is 0 Å². The summed E-state index contributed by atoms with van der Waals surface area (Å²) >= 11 is 0. The van der Waals surface area contributed by atoms with Crippen LogP contribution in [0.5, 0.6) is 0 Å². The molecule has 21 heavy (non-hydrogen) atoms. The smallest absolute Gasteiger partial charge is 0.108 e. The van der Waals surface area contributed by atoms with Gasteiger partial charge in [-0.15, -0.1) is 0 Å². The van der Waals surface area contributed by atoms with Gasteiger partial charge in [0.15, 0.2) is 0 Å². The normalized spacial score (nSPS) is 12.0. The lowest BCUT2D eigenvalue weighted by Gasteiger charge is -2.01. The van der Waals surface area contributed by atoms with Crippen LogP contribution in [0.2, 0.25) is 0 Å². The van der Waals surface area contributed by atoms with Gasteiger partial charge < -0.3 is 5.11 Å². The van der Waals surface area contributed by atoms with Crippen LogP contribution in [-0.4, -0.2) is 5.11 Å². The molecule has 120 valence electrons. The summed E-state index contributed by atoms with van der Waals surface area (Å²) < 4.78 is 0. The van der Waals surface area contributed by atoms with Crippen LogP contribution in [-0.2, 0) is 0 Å². The first-order valence-corrected chi connectivity index (χ1v) is 8.65. The van der Waals surface area contributed by atoms with Crippen molar-refractivity contribution in [2.45, 2.75) is 77.6 Å². The van der Waals surface area contributed by atoms with Gasteiger partial charge in [-0.05, 0) is 18.9 Å². The number of aliphatic hydroxyl groups is 1. The molecule has 0 aromatic carbocycles. The highest BCUT2D eigenvalue weighted by atomic mass is 16.3. The lowest BCUT2D eigenvalue weighted by Crippen LogP contribution is -1.81. The average molecular weight is 290 g/mol. The Bertz CT molecular complexity index is 310. The summed E-state index contributed by atoms with van der Waals surface area (Å²) in [4.78, 5) is 0. The van der Waals surface area contributed by atoms with Gasteiger partial charge in [-0.1, -0.05) is 102 Å². The van der Waals surface area contributed by atoms with Crippen LogP contribution in [0, 0.1) is 0 Å². The Balaban J connectivity index is 3.23. The van der Waals surface area contributed by atoms with Gasteiger partial charge in [-0.2, -0.15) is 0 Å². The monoisotopic (exact) mass is 290 g/mol. The summed E-state index contributed by atoms with van der Waals surface area (Å²) in [5.41, 5.74) is 0. The van der Waals surface area contributed by atoms with Crippen molar-refractivity contribution in [3.63, 3.8) is 0 Å². The zero-order chi connectivity index (χ0) is 15.6. The van der Waals surface area contributed by atoms with Crippen molar-refractivity contribution in [1.29, 1.82) is 0 Å². The van der Waals surface area contributed by atoms with Gasteiger partial charge in [-0.25, -0.2) is 0 Å². The maximum absolute atomic E-state index is 8.83. The van der Waals surface area contributed by atoms with E-state index >= 15 is 0 Å². The van der Waals surface area contributed by atoms with E-state index in [-0.39, 0.29) is 5.76 Å². The van der Waals surface area contributed by atoms with Gasteiger partial charge >= 0.3 is 0 Å². The fraction of sp³-hybridized carbons (Fsp3) is 0.600. The molecule has 0 saturated heterocycles. The van der Waals surface area contributed by atoms with Crippen LogP contribution >= 0.6 is 0 Å². The fourth-order valence-electron chi connectivity index (χ4n) is 2.22. The minimum absolute atomic E-state index is 0.0917. The zero-order valence-corrected chi connectivity index (χ0v) is 13.9. The van der Waals surface area contributed by atoms with Crippen molar-refractivity contribution < 1.29 is 5.11 Å². The topological polar surface area (TPSA) is 20.2 Å². The van der Waals surface area contributed by atoms with Gasteiger partial charge in [0.2, 0.25) is 0 Å². The first-order chi connectivity index (χ1) is 10.3. The zero-order valence-electron chi connectivity index (χ0n) is 13.9. The van der Waals surface area contributed by atoms with E-state index in [9.17, 15) is 0 Å². The quantitative estimate of drug-likeness (QED) is 0.207. The molecule has 0 rings (SSSR count). The second-order valence-corrected chi connectivity index (χ2v) is 5.63. The molecule has 1 N–H and O–H groups in total. The fourth-order valence-corrected chi connectivity index (χ4v) is 2.22. The Morgan fingerprint density at radius 1 is 0.762 bits per heavy atom. The minimum Gasteiger partial charge on any atom is -0.509 e. The molecule has 0 saturated carbocycles. The van der Waals surface area contributed by atoms with E-state index in [1.807, 2.05) is 12.2 Å². The summed E-state index contributed by atoms with van der Waals surface area (Å²) in [5.74, 6) is 0.0917. The van der Waals surface area contributed by atoms with Crippen LogP contribution in [0.4, 0.5) is 0 Å². The molecule has 0 atom stereocenters. The van der Waals surface area contributed by atoms with Crippen molar-refractivity contribution in [3.8, 4) is 0 Å². The van der Waals surface area contributed by atoms with Gasteiger partial charge in [-0.3, -0.25) is 0 Å². The second kappa shape index (κ2) is 16.8. The van der Waals surface area contributed by atoms with Crippen LogP contribution < -0.4 is 0 Å². The maximum atomic E-state index is 8.83. The van der Waals surface area contributed by atoms with E-state index in [0.29, 0.717) is 0 Å². The lowest BCUT2D eigenvalue weighted by atomic mass is 10.1. The maximum Gasteiger partial charge on any atom is 0.108 e. The van der Waals surface area contributed by atoms with Crippen molar-refractivity contribution >= 4 is 0 Å². The van der Waals surface area contributed by atoms with Crippen LogP contribution in [0.25, 0.3) is 0 Å². The molecule has 0 aliphatic carbocycles.